The Morgan fingerprint density at radius 1 is 1.41 bits per heavy atom. The van der Waals surface area contributed by atoms with Crippen LogP contribution in [-0.4, -0.2) is 22.2 Å². The van der Waals surface area contributed by atoms with E-state index >= 15 is 0 Å². The van der Waals surface area contributed by atoms with E-state index in [0.29, 0.717) is 11.8 Å². The second-order valence-corrected chi connectivity index (χ2v) is 6.07. The van der Waals surface area contributed by atoms with Crippen molar-refractivity contribution in [2.75, 3.05) is 5.75 Å². The maximum Gasteiger partial charge on any atom is 0.129 e. The van der Waals surface area contributed by atoms with Gasteiger partial charge in [0.05, 0.1) is 6.54 Å². The van der Waals surface area contributed by atoms with E-state index in [9.17, 15) is 0 Å². The minimum atomic E-state index is -0.0152. The number of aliphatic hydroxyl groups excluding tert-OH is 1. The largest absolute Gasteiger partial charge is 0.462 e. The summed E-state index contributed by atoms with van der Waals surface area (Å²) in [6.45, 7) is 2.98. The van der Waals surface area contributed by atoms with Gasteiger partial charge in [-0.2, -0.15) is 11.8 Å². The van der Waals surface area contributed by atoms with Crippen LogP contribution in [0.25, 0.3) is 0 Å². The Bertz CT molecular complexity index is 340. The molecule has 3 nitrogen and oxygen atoms in total. The van der Waals surface area contributed by atoms with Gasteiger partial charge in [0.25, 0.3) is 0 Å². The highest BCUT2D eigenvalue weighted by Gasteiger charge is 2.24. The van der Waals surface area contributed by atoms with Gasteiger partial charge in [-0.15, -0.1) is 0 Å². The Balaban J connectivity index is 1.72. The summed E-state index contributed by atoms with van der Waals surface area (Å²) in [5.74, 6) is 2.78. The molecule has 0 saturated heterocycles. The van der Waals surface area contributed by atoms with Crippen molar-refractivity contribution >= 4 is 11.8 Å². The van der Waals surface area contributed by atoms with E-state index in [2.05, 4.69) is 24.0 Å². The summed E-state index contributed by atoms with van der Waals surface area (Å²) in [6.07, 6.45) is 3.87. The number of nitrogens with one attached hydrogen (secondary N) is 1. The molecule has 1 saturated carbocycles. The highest BCUT2D eigenvalue weighted by atomic mass is 32.2. The van der Waals surface area contributed by atoms with Gasteiger partial charge < -0.3 is 14.8 Å². The number of hydrogen-bond donors (Lipinski definition) is 2. The second kappa shape index (κ2) is 6.47. The van der Waals surface area contributed by atoms with Gasteiger partial charge in [0.2, 0.25) is 0 Å². The molecule has 2 rings (SSSR count). The normalized spacial score (nSPS) is 24.4. The summed E-state index contributed by atoms with van der Waals surface area (Å²) in [7, 11) is 0. The van der Waals surface area contributed by atoms with Gasteiger partial charge in [0, 0.05) is 11.3 Å². The molecule has 1 fully saturated rings. The quantitative estimate of drug-likeness (QED) is 0.820. The van der Waals surface area contributed by atoms with Crippen LogP contribution in [0, 0.1) is 0 Å². The van der Waals surface area contributed by atoms with E-state index in [1.807, 2.05) is 12.1 Å². The number of aliphatic hydroxyl groups is 1. The molecule has 2 unspecified atom stereocenters. The lowest BCUT2D eigenvalue weighted by atomic mass is 10.2. The van der Waals surface area contributed by atoms with Crippen LogP contribution in [0.1, 0.15) is 37.7 Å². The van der Waals surface area contributed by atoms with Crippen LogP contribution in [0.4, 0.5) is 0 Å². The van der Waals surface area contributed by atoms with Gasteiger partial charge in [0.15, 0.2) is 0 Å². The van der Waals surface area contributed by atoms with Crippen molar-refractivity contribution in [3.05, 3.63) is 23.7 Å². The van der Waals surface area contributed by atoms with E-state index in [1.54, 1.807) is 0 Å². The Morgan fingerprint density at radius 2 is 2.24 bits per heavy atom. The fraction of sp³-hybridized carbons (Fsp3) is 0.692. The van der Waals surface area contributed by atoms with Gasteiger partial charge in [-0.05, 0) is 37.1 Å². The van der Waals surface area contributed by atoms with Crippen molar-refractivity contribution in [2.45, 2.75) is 50.6 Å². The summed E-state index contributed by atoms with van der Waals surface area (Å²) < 4.78 is 5.45. The molecule has 2 atom stereocenters. The second-order valence-electron chi connectivity index (χ2n) is 4.49. The van der Waals surface area contributed by atoms with Crippen LogP contribution in [0.2, 0.25) is 0 Å². The van der Waals surface area contributed by atoms with E-state index < -0.39 is 0 Å². The molecule has 1 aromatic rings. The summed E-state index contributed by atoms with van der Waals surface area (Å²) in [4.78, 5) is 0. The van der Waals surface area contributed by atoms with E-state index in [4.69, 9.17) is 9.52 Å². The molecule has 0 bridgehead atoms. The lowest BCUT2D eigenvalue weighted by Crippen LogP contribution is -2.25. The standard InChI is InChI=1S/C13H21NO2S/c1-2-17-13-6-3-10(7-13)14-8-11-4-5-12(9-15)16-11/h4-5,10,13-15H,2-3,6-9H2,1H3. The first-order valence-electron chi connectivity index (χ1n) is 6.35. The van der Waals surface area contributed by atoms with Crippen LogP contribution in [0.3, 0.4) is 0 Å². The first-order valence-corrected chi connectivity index (χ1v) is 7.40. The zero-order valence-corrected chi connectivity index (χ0v) is 11.1. The average Bonchev–Trinajstić information content (AvgIpc) is 2.95. The Morgan fingerprint density at radius 3 is 2.94 bits per heavy atom. The van der Waals surface area contributed by atoms with Crippen molar-refractivity contribution in [3.63, 3.8) is 0 Å². The van der Waals surface area contributed by atoms with Crippen LogP contribution in [0.5, 0.6) is 0 Å². The number of hydrogen-bond acceptors (Lipinski definition) is 4. The molecule has 1 aliphatic carbocycles. The van der Waals surface area contributed by atoms with Crippen LogP contribution < -0.4 is 5.32 Å². The van der Waals surface area contributed by atoms with Gasteiger partial charge >= 0.3 is 0 Å². The van der Waals surface area contributed by atoms with Gasteiger partial charge in [-0.1, -0.05) is 6.92 Å². The minimum Gasteiger partial charge on any atom is -0.462 e. The highest BCUT2D eigenvalue weighted by molar-refractivity contribution is 7.99. The van der Waals surface area contributed by atoms with Crippen molar-refractivity contribution in [1.29, 1.82) is 0 Å². The fourth-order valence-electron chi connectivity index (χ4n) is 2.36. The zero-order valence-electron chi connectivity index (χ0n) is 10.3. The number of rotatable bonds is 6. The maximum atomic E-state index is 8.91. The summed E-state index contributed by atoms with van der Waals surface area (Å²) in [5.41, 5.74) is 0. The number of furan rings is 1. The van der Waals surface area contributed by atoms with Gasteiger partial charge in [-0.3, -0.25) is 0 Å². The molecular weight excluding hydrogens is 234 g/mol. The average molecular weight is 255 g/mol. The van der Waals surface area contributed by atoms with Crippen molar-refractivity contribution in [2.24, 2.45) is 0 Å². The molecule has 96 valence electrons. The minimum absolute atomic E-state index is 0.0152. The molecule has 1 aliphatic rings. The van der Waals surface area contributed by atoms with Crippen LogP contribution in [0.15, 0.2) is 16.5 Å². The van der Waals surface area contributed by atoms with Crippen LogP contribution in [-0.2, 0) is 13.2 Å². The molecule has 4 heteroatoms. The molecule has 0 aromatic carbocycles. The first-order chi connectivity index (χ1) is 8.31. The summed E-state index contributed by atoms with van der Waals surface area (Å²) >= 11 is 2.08. The first kappa shape index (κ1) is 13.0. The molecule has 0 amide bonds. The molecule has 1 aromatic heterocycles. The highest BCUT2D eigenvalue weighted by Crippen LogP contribution is 2.29. The van der Waals surface area contributed by atoms with Crippen molar-refractivity contribution < 1.29 is 9.52 Å². The topological polar surface area (TPSA) is 45.4 Å². The van der Waals surface area contributed by atoms with E-state index in [-0.39, 0.29) is 6.61 Å². The smallest absolute Gasteiger partial charge is 0.129 e. The molecule has 0 aliphatic heterocycles. The SMILES string of the molecule is CCSC1CCC(NCc2ccc(CO)o2)C1. The lowest BCUT2D eigenvalue weighted by Gasteiger charge is -2.11. The Hall–Kier alpha value is -0.450. The van der Waals surface area contributed by atoms with Crippen LogP contribution >= 0.6 is 11.8 Å². The van der Waals surface area contributed by atoms with Gasteiger partial charge in [-0.25, -0.2) is 0 Å². The zero-order chi connectivity index (χ0) is 12.1. The Kier molecular flexibility index (Phi) is 4.95. The predicted molar refractivity (Wildman–Crippen MR) is 71.0 cm³/mol. The fourth-order valence-corrected chi connectivity index (χ4v) is 3.50. The Labute approximate surface area is 107 Å². The lowest BCUT2D eigenvalue weighted by molar-refractivity contribution is 0.242. The third-order valence-corrected chi connectivity index (χ3v) is 4.46. The molecule has 0 radical (unpaired) electrons. The molecule has 0 spiro atoms. The predicted octanol–water partition coefficient (Wildman–Crippen LogP) is 2.54. The van der Waals surface area contributed by atoms with Crippen molar-refractivity contribution in [1.82, 2.24) is 5.32 Å². The number of thioether (sulfide) groups is 1. The maximum absolute atomic E-state index is 8.91. The van der Waals surface area contributed by atoms with Gasteiger partial charge in [0.1, 0.15) is 18.1 Å². The van der Waals surface area contributed by atoms with Crippen molar-refractivity contribution in [3.8, 4) is 0 Å². The molecule has 17 heavy (non-hydrogen) atoms. The monoisotopic (exact) mass is 255 g/mol. The molecular formula is C13H21NO2S. The third-order valence-electron chi connectivity index (χ3n) is 3.22. The summed E-state index contributed by atoms with van der Waals surface area (Å²) in [5, 5.41) is 13.3. The molecule has 2 N–H and O–H groups in total. The third kappa shape index (κ3) is 3.76. The van der Waals surface area contributed by atoms with E-state index in [0.717, 1.165) is 17.6 Å². The molecule has 1 heterocycles. The summed E-state index contributed by atoms with van der Waals surface area (Å²) in [6, 6.07) is 4.40. The van der Waals surface area contributed by atoms with E-state index in [1.165, 1.54) is 25.0 Å².